The molecule has 0 bridgehead atoms. The largest absolute Gasteiger partial charge is 0.496 e. The molecule has 0 fully saturated rings. The van der Waals surface area contributed by atoms with E-state index in [-0.39, 0.29) is 0 Å². The highest BCUT2D eigenvalue weighted by atomic mass is 16.5. The van der Waals surface area contributed by atoms with E-state index in [1.54, 1.807) is 13.2 Å². The molecule has 1 aliphatic heterocycles. The van der Waals surface area contributed by atoms with Crippen LogP contribution in [0.4, 0.5) is 0 Å². The number of nitrogens with zero attached hydrogens (tertiary/aromatic N) is 2. The number of carbonyl (C=O) groups is 1. The van der Waals surface area contributed by atoms with Gasteiger partial charge in [-0.2, -0.15) is 10.2 Å². The first-order chi connectivity index (χ1) is 8.26. The van der Waals surface area contributed by atoms with Gasteiger partial charge >= 0.3 is 5.97 Å². The molecule has 1 heterocycles. The van der Waals surface area contributed by atoms with Crippen LogP contribution in [0.15, 0.2) is 40.6 Å². The zero-order valence-electron chi connectivity index (χ0n) is 9.58. The lowest BCUT2D eigenvalue weighted by molar-refractivity contribution is -0.140. The third-order valence-corrected chi connectivity index (χ3v) is 2.43. The number of esters is 1. The fraction of sp³-hybridized carbons (Fsp3) is 0.250. The maximum atomic E-state index is 11.3. The predicted octanol–water partition coefficient (Wildman–Crippen LogP) is 2.04. The van der Waals surface area contributed by atoms with Crippen LogP contribution in [-0.4, -0.2) is 26.2 Å². The molecule has 1 aromatic rings. The molecule has 5 heteroatoms. The fourth-order valence-corrected chi connectivity index (χ4v) is 1.58. The third-order valence-electron chi connectivity index (χ3n) is 2.43. The molecule has 0 radical (unpaired) electrons. The quantitative estimate of drug-likeness (QED) is 0.749. The predicted molar refractivity (Wildman–Crippen MR) is 61.6 cm³/mol. The van der Waals surface area contributed by atoms with Gasteiger partial charge in [0.2, 0.25) is 0 Å². The van der Waals surface area contributed by atoms with Crippen LogP contribution in [0, 0.1) is 0 Å². The number of hydrogen-bond donors (Lipinski definition) is 0. The number of ether oxygens (including phenoxy) is 2. The third kappa shape index (κ3) is 2.18. The average molecular weight is 232 g/mol. The molecule has 0 N–H and O–H groups in total. The number of rotatable bonds is 3. The van der Waals surface area contributed by atoms with E-state index in [2.05, 4.69) is 15.0 Å². The molecular formula is C12H12N2O3. The van der Waals surface area contributed by atoms with E-state index in [0.29, 0.717) is 11.4 Å². The summed E-state index contributed by atoms with van der Waals surface area (Å²) in [4.78, 5) is 11.3. The van der Waals surface area contributed by atoms with Crippen LogP contribution in [0.5, 0.6) is 5.75 Å². The molecule has 0 saturated heterocycles. The summed E-state index contributed by atoms with van der Waals surface area (Å²) >= 11 is 0. The summed E-state index contributed by atoms with van der Waals surface area (Å²) in [6.45, 7) is 0. The van der Waals surface area contributed by atoms with E-state index < -0.39 is 12.0 Å². The molecule has 0 aliphatic carbocycles. The van der Waals surface area contributed by atoms with Crippen molar-refractivity contribution in [2.24, 2.45) is 10.2 Å². The number of benzene rings is 1. The van der Waals surface area contributed by atoms with Gasteiger partial charge in [0.15, 0.2) is 6.04 Å². The number of para-hydroxylation sites is 1. The number of methoxy groups -OCH3 is 2. The molecule has 1 aliphatic rings. The van der Waals surface area contributed by atoms with Crippen LogP contribution in [0.25, 0.3) is 5.70 Å². The Kier molecular flexibility index (Phi) is 3.18. The van der Waals surface area contributed by atoms with Crippen molar-refractivity contribution in [3.8, 4) is 5.75 Å². The highest BCUT2D eigenvalue weighted by Crippen LogP contribution is 2.30. The Morgan fingerprint density at radius 2 is 2.06 bits per heavy atom. The van der Waals surface area contributed by atoms with Crippen LogP contribution in [-0.2, 0) is 9.53 Å². The summed E-state index contributed by atoms with van der Waals surface area (Å²) in [6, 6.07) is 6.78. The Bertz CT molecular complexity index is 494. The highest BCUT2D eigenvalue weighted by molar-refractivity contribution is 5.83. The van der Waals surface area contributed by atoms with Gasteiger partial charge in [-0.05, 0) is 18.2 Å². The molecule has 0 amide bonds. The van der Waals surface area contributed by atoms with Gasteiger partial charge in [-0.25, -0.2) is 4.79 Å². The summed E-state index contributed by atoms with van der Waals surface area (Å²) in [5.74, 6) is 0.280. The topological polar surface area (TPSA) is 60.2 Å². The molecule has 5 nitrogen and oxygen atoms in total. The van der Waals surface area contributed by atoms with Gasteiger partial charge in [-0.3, -0.25) is 0 Å². The minimum Gasteiger partial charge on any atom is -0.496 e. The van der Waals surface area contributed by atoms with Crippen molar-refractivity contribution in [3.05, 3.63) is 35.9 Å². The first kappa shape index (κ1) is 11.3. The summed E-state index contributed by atoms with van der Waals surface area (Å²) in [6.07, 6.45) is 1.66. The zero-order valence-corrected chi connectivity index (χ0v) is 9.58. The Hall–Kier alpha value is -2.17. The number of hydrogen-bond acceptors (Lipinski definition) is 5. The number of azo groups is 1. The summed E-state index contributed by atoms with van der Waals surface area (Å²) in [5, 5.41) is 7.81. The second kappa shape index (κ2) is 4.78. The smallest absolute Gasteiger partial charge is 0.336 e. The van der Waals surface area contributed by atoms with Gasteiger partial charge in [-0.15, -0.1) is 0 Å². The van der Waals surface area contributed by atoms with E-state index in [0.717, 1.165) is 5.56 Å². The monoisotopic (exact) mass is 232 g/mol. The van der Waals surface area contributed by atoms with Crippen LogP contribution in [0.2, 0.25) is 0 Å². The van der Waals surface area contributed by atoms with Gasteiger partial charge in [0.25, 0.3) is 0 Å². The number of carbonyl (C=O) groups excluding carboxylic acids is 1. The van der Waals surface area contributed by atoms with Crippen LogP contribution in [0.3, 0.4) is 0 Å². The SMILES string of the molecule is COC(=O)[C@H]1C=C(c2ccccc2OC)N=N1. The van der Waals surface area contributed by atoms with E-state index in [4.69, 9.17) is 4.74 Å². The Morgan fingerprint density at radius 1 is 1.29 bits per heavy atom. The first-order valence-electron chi connectivity index (χ1n) is 5.10. The van der Waals surface area contributed by atoms with Crippen molar-refractivity contribution in [2.45, 2.75) is 6.04 Å². The second-order valence-corrected chi connectivity index (χ2v) is 3.44. The van der Waals surface area contributed by atoms with Crippen molar-refractivity contribution in [2.75, 3.05) is 14.2 Å². The second-order valence-electron chi connectivity index (χ2n) is 3.44. The van der Waals surface area contributed by atoms with Crippen molar-refractivity contribution in [1.82, 2.24) is 0 Å². The van der Waals surface area contributed by atoms with Crippen LogP contribution >= 0.6 is 0 Å². The molecule has 0 saturated carbocycles. The van der Waals surface area contributed by atoms with Crippen LogP contribution in [0.1, 0.15) is 5.56 Å². The van der Waals surface area contributed by atoms with E-state index in [1.165, 1.54) is 7.11 Å². The lowest BCUT2D eigenvalue weighted by Gasteiger charge is -2.05. The van der Waals surface area contributed by atoms with E-state index in [1.807, 2.05) is 24.3 Å². The zero-order chi connectivity index (χ0) is 12.3. The Labute approximate surface area is 98.8 Å². The minimum atomic E-state index is -0.653. The normalized spacial score (nSPS) is 17.8. The van der Waals surface area contributed by atoms with Gasteiger partial charge in [-0.1, -0.05) is 12.1 Å². The minimum absolute atomic E-state index is 0.418. The molecule has 1 atom stereocenters. The maximum absolute atomic E-state index is 11.3. The highest BCUT2D eigenvalue weighted by Gasteiger charge is 2.23. The lowest BCUT2D eigenvalue weighted by atomic mass is 10.1. The fourth-order valence-electron chi connectivity index (χ4n) is 1.58. The average Bonchev–Trinajstić information content (AvgIpc) is 2.87. The first-order valence-corrected chi connectivity index (χ1v) is 5.10. The lowest BCUT2D eigenvalue weighted by Crippen LogP contribution is -2.15. The molecule has 17 heavy (non-hydrogen) atoms. The van der Waals surface area contributed by atoms with Gasteiger partial charge in [0, 0.05) is 5.56 Å². The molecule has 0 aromatic heterocycles. The van der Waals surface area contributed by atoms with E-state index in [9.17, 15) is 4.79 Å². The molecule has 0 spiro atoms. The van der Waals surface area contributed by atoms with Crippen molar-refractivity contribution >= 4 is 11.7 Å². The maximum Gasteiger partial charge on any atom is 0.336 e. The summed E-state index contributed by atoms with van der Waals surface area (Å²) in [5.41, 5.74) is 1.43. The summed E-state index contributed by atoms with van der Waals surface area (Å²) < 4.78 is 9.83. The summed E-state index contributed by atoms with van der Waals surface area (Å²) in [7, 11) is 2.91. The standard InChI is InChI=1S/C12H12N2O3/c1-16-11-6-4-3-5-8(11)9-7-10(14-13-9)12(15)17-2/h3-7,10H,1-2H3/t10-/m1/s1. The van der Waals surface area contributed by atoms with E-state index >= 15 is 0 Å². The molecular weight excluding hydrogens is 220 g/mol. The Morgan fingerprint density at radius 3 is 2.76 bits per heavy atom. The van der Waals surface area contributed by atoms with Crippen LogP contribution < -0.4 is 4.74 Å². The van der Waals surface area contributed by atoms with Crippen molar-refractivity contribution in [1.29, 1.82) is 0 Å². The van der Waals surface area contributed by atoms with Crippen molar-refractivity contribution < 1.29 is 14.3 Å². The Balaban J connectivity index is 2.31. The van der Waals surface area contributed by atoms with Crippen molar-refractivity contribution in [3.63, 3.8) is 0 Å². The van der Waals surface area contributed by atoms with Gasteiger partial charge in [0.05, 0.1) is 19.9 Å². The molecule has 88 valence electrons. The molecule has 2 rings (SSSR count). The molecule has 1 aromatic carbocycles. The van der Waals surface area contributed by atoms with Gasteiger partial charge < -0.3 is 9.47 Å². The molecule has 0 unspecified atom stereocenters. The van der Waals surface area contributed by atoms with Gasteiger partial charge in [0.1, 0.15) is 5.75 Å².